The fourth-order valence-corrected chi connectivity index (χ4v) is 12.2. The van der Waals surface area contributed by atoms with Crippen LogP contribution in [0.1, 0.15) is 93.2 Å². The fraction of sp³-hybridized carbons (Fsp3) is 0.171. The number of nitrogens with zero attached hydrogens (tertiary/aromatic N) is 6. The smallest absolute Gasteiger partial charge is 0.238 e. The molecule has 0 fully saturated rings. The van der Waals surface area contributed by atoms with Crippen molar-refractivity contribution in [2.24, 2.45) is 10.4 Å². The lowest BCUT2D eigenvalue weighted by atomic mass is 9.76. The molecule has 380 valence electrons. The molecule has 11 rings (SSSR count). The number of hydrogen-bond donors (Lipinski definition) is 0. The van der Waals surface area contributed by atoms with Crippen LogP contribution in [0, 0.1) is 5.41 Å². The van der Waals surface area contributed by atoms with E-state index in [0.717, 1.165) is 76.5 Å². The highest BCUT2D eigenvalue weighted by atomic mass is 32.1. The Balaban J connectivity index is 1.04. The van der Waals surface area contributed by atoms with Gasteiger partial charge in [-0.25, -0.2) is 9.98 Å². The van der Waals surface area contributed by atoms with Crippen LogP contribution in [0.3, 0.4) is 0 Å². The van der Waals surface area contributed by atoms with E-state index in [9.17, 15) is 0 Å². The molecule has 0 spiro atoms. The second-order valence-corrected chi connectivity index (χ2v) is 21.2. The Kier molecular flexibility index (Phi) is 15.0. The zero-order valence-corrected chi connectivity index (χ0v) is 45.3. The molecule has 7 aromatic rings. The van der Waals surface area contributed by atoms with Gasteiger partial charge in [0.2, 0.25) is 5.95 Å². The molecule has 0 amide bonds. The van der Waals surface area contributed by atoms with E-state index in [0.29, 0.717) is 30.4 Å². The lowest BCUT2D eigenvalue weighted by molar-refractivity contribution is 0.479. The first-order chi connectivity index (χ1) is 37.8. The molecule has 4 aromatic carbocycles. The first kappa shape index (κ1) is 50.6. The topological polar surface area (TPSA) is 59.2 Å². The molecular formula is C70H64N6S. The highest BCUT2D eigenvalue weighted by Gasteiger charge is 2.36. The summed E-state index contributed by atoms with van der Waals surface area (Å²) in [7, 11) is 0. The van der Waals surface area contributed by atoms with Gasteiger partial charge in [-0.15, -0.1) is 17.9 Å². The van der Waals surface area contributed by atoms with Crippen LogP contribution in [0.4, 0.5) is 0 Å². The largest absolute Gasteiger partial charge is 0.299 e. The molecule has 4 heterocycles. The third-order valence-corrected chi connectivity index (χ3v) is 16.2. The summed E-state index contributed by atoms with van der Waals surface area (Å²) in [6.45, 7) is 12.8. The van der Waals surface area contributed by atoms with Gasteiger partial charge in [-0.1, -0.05) is 183 Å². The standard InChI is InChI=1S/C70H64N6S/c1-6-9-16-29-56-49(4)75(66(35-10-7-2)71-48-50-36-43-64-59(46-50)57-30-21-22-33-63(57)77-64)55-41-42-62-67(60(56)47-55)58-31-19-15-20-32-61(58)76(62)69-73-65(34-25-28-54(8-3)70(5)44-23-12-11-13-24-45-70)72-68(74-69)53-39-37-52(38-40-53)51-26-17-14-18-27-51/h6-8,10-12,14-22,24-31,33,35-43,45-48,60H,1,9,13,23,32,34,44H2,2-5H3/b10-7-,12-11-,28-25-,29-16-,45-24-,54-8+,66-35+,71-48+. The molecule has 0 saturated heterocycles. The van der Waals surface area contributed by atoms with E-state index in [1.165, 1.54) is 42.4 Å². The predicted octanol–water partition coefficient (Wildman–Crippen LogP) is 18.1. The minimum Gasteiger partial charge on any atom is -0.299 e. The molecular weight excluding hydrogens is 957 g/mol. The normalized spacial score (nSPS) is 19.6. The Labute approximate surface area is 458 Å². The first-order valence-corrected chi connectivity index (χ1v) is 27.8. The van der Waals surface area contributed by atoms with Crippen molar-refractivity contribution in [3.05, 3.63) is 275 Å². The van der Waals surface area contributed by atoms with E-state index in [1.807, 2.05) is 30.6 Å². The summed E-state index contributed by atoms with van der Waals surface area (Å²) in [4.78, 5) is 23.7. The maximum absolute atomic E-state index is 5.44. The van der Waals surface area contributed by atoms with Crippen molar-refractivity contribution in [3.8, 4) is 28.5 Å². The van der Waals surface area contributed by atoms with Crippen molar-refractivity contribution in [2.45, 2.75) is 72.1 Å². The van der Waals surface area contributed by atoms with E-state index in [4.69, 9.17) is 19.9 Å². The van der Waals surface area contributed by atoms with Crippen molar-refractivity contribution in [2.75, 3.05) is 0 Å². The third kappa shape index (κ3) is 10.4. The van der Waals surface area contributed by atoms with E-state index in [2.05, 4.69) is 249 Å². The van der Waals surface area contributed by atoms with Crippen LogP contribution >= 0.6 is 11.3 Å². The minimum atomic E-state index is -0.0982. The van der Waals surface area contributed by atoms with Crippen molar-refractivity contribution in [1.29, 1.82) is 0 Å². The van der Waals surface area contributed by atoms with Crippen LogP contribution in [0.2, 0.25) is 0 Å². The second kappa shape index (κ2) is 22.8. The molecule has 2 unspecified atom stereocenters. The molecule has 2 bridgehead atoms. The van der Waals surface area contributed by atoms with Crippen LogP contribution < -0.4 is 0 Å². The van der Waals surface area contributed by atoms with Crippen LogP contribution in [-0.2, 0) is 12.8 Å². The van der Waals surface area contributed by atoms with Gasteiger partial charge >= 0.3 is 0 Å². The number of benzene rings is 4. The summed E-state index contributed by atoms with van der Waals surface area (Å²) in [6.07, 6.45) is 51.5. The number of fused-ring (bicyclic) bond motifs is 8. The van der Waals surface area contributed by atoms with Crippen LogP contribution in [0.5, 0.6) is 0 Å². The quantitative estimate of drug-likeness (QED) is 0.0619. The summed E-state index contributed by atoms with van der Waals surface area (Å²) >= 11 is 1.83. The molecule has 3 aliphatic carbocycles. The lowest BCUT2D eigenvalue weighted by Crippen LogP contribution is -2.25. The van der Waals surface area contributed by atoms with Crippen molar-refractivity contribution in [1.82, 2.24) is 24.4 Å². The molecule has 6 nitrogen and oxygen atoms in total. The molecule has 1 aliphatic heterocycles. The Morgan fingerprint density at radius 1 is 0.831 bits per heavy atom. The second-order valence-electron chi connectivity index (χ2n) is 20.1. The van der Waals surface area contributed by atoms with Gasteiger partial charge < -0.3 is 0 Å². The van der Waals surface area contributed by atoms with Crippen LogP contribution in [-0.4, -0.2) is 30.6 Å². The van der Waals surface area contributed by atoms with Crippen molar-refractivity contribution < 1.29 is 0 Å². The Bertz CT molecular complexity index is 3810. The highest BCUT2D eigenvalue weighted by molar-refractivity contribution is 7.25. The van der Waals surface area contributed by atoms with Gasteiger partial charge in [-0.3, -0.25) is 9.47 Å². The number of allylic oxidation sites excluding steroid dienone is 21. The van der Waals surface area contributed by atoms with Gasteiger partial charge in [0.1, 0.15) is 11.6 Å². The number of thiophene rings is 1. The van der Waals surface area contributed by atoms with Gasteiger partial charge in [0.05, 0.1) is 5.69 Å². The van der Waals surface area contributed by atoms with Gasteiger partial charge in [0, 0.05) is 78.8 Å². The molecule has 2 atom stereocenters. The Hall–Kier alpha value is -8.52. The number of aromatic nitrogens is 4. The van der Waals surface area contributed by atoms with Crippen LogP contribution in [0.25, 0.3) is 60.8 Å². The molecule has 4 aliphatic rings. The number of hydrogen-bond acceptors (Lipinski definition) is 6. The summed E-state index contributed by atoms with van der Waals surface area (Å²) in [6, 6.07) is 34.4. The van der Waals surface area contributed by atoms with E-state index in [1.54, 1.807) is 0 Å². The highest BCUT2D eigenvalue weighted by Crippen LogP contribution is 2.47. The monoisotopic (exact) mass is 1020 g/mol. The van der Waals surface area contributed by atoms with Gasteiger partial charge in [-0.2, -0.15) is 9.97 Å². The SMILES string of the molecule is C=CC/C=C\C1=C(C)N(C(=C/C=C\C)/N=C/c2ccc3sc4ccccc4c3c2)C2=CC1c1c3c(n(-c4nc(C/C=C\C(=C/C)C5(C)/C=C\C/C=C\CC5)nc(-c5ccc(-c6ccccc6)cc5)n4)c1C=C2)CC=CC=C3. The van der Waals surface area contributed by atoms with Gasteiger partial charge in [-0.05, 0) is 122 Å². The Morgan fingerprint density at radius 2 is 1.65 bits per heavy atom. The average molecular weight is 1020 g/mol. The zero-order valence-electron chi connectivity index (χ0n) is 44.5. The van der Waals surface area contributed by atoms with Crippen molar-refractivity contribution >= 4 is 49.9 Å². The van der Waals surface area contributed by atoms with Crippen molar-refractivity contribution in [3.63, 3.8) is 0 Å². The van der Waals surface area contributed by atoms with Gasteiger partial charge in [0.15, 0.2) is 5.82 Å². The van der Waals surface area contributed by atoms with E-state index in [-0.39, 0.29) is 11.3 Å². The first-order valence-electron chi connectivity index (χ1n) is 27.0. The summed E-state index contributed by atoms with van der Waals surface area (Å²) in [5.41, 5.74) is 13.4. The molecule has 0 N–H and O–H groups in total. The molecule has 0 saturated carbocycles. The van der Waals surface area contributed by atoms with Crippen LogP contribution in [0.15, 0.2) is 246 Å². The molecule has 7 heteroatoms. The number of aliphatic imine (C=N–C) groups is 1. The third-order valence-electron chi connectivity index (χ3n) is 15.1. The zero-order chi connectivity index (χ0) is 52.7. The molecule has 0 radical (unpaired) electrons. The minimum absolute atomic E-state index is 0.0703. The summed E-state index contributed by atoms with van der Waals surface area (Å²) in [5.74, 6) is 2.65. The average Bonchev–Trinajstić information content (AvgIpc) is 3.85. The van der Waals surface area contributed by atoms with E-state index < -0.39 is 0 Å². The fourth-order valence-electron chi connectivity index (χ4n) is 11.2. The maximum Gasteiger partial charge on any atom is 0.238 e. The summed E-state index contributed by atoms with van der Waals surface area (Å²) < 4.78 is 4.87. The summed E-state index contributed by atoms with van der Waals surface area (Å²) in [5, 5.41) is 2.52. The predicted molar refractivity (Wildman–Crippen MR) is 327 cm³/mol. The maximum atomic E-state index is 5.44. The van der Waals surface area contributed by atoms with E-state index >= 15 is 0 Å². The molecule has 3 aromatic heterocycles. The number of rotatable bonds is 14. The molecule has 77 heavy (non-hydrogen) atoms. The Morgan fingerprint density at radius 3 is 2.49 bits per heavy atom. The van der Waals surface area contributed by atoms with Gasteiger partial charge in [0.25, 0.3) is 0 Å². The lowest BCUT2D eigenvalue weighted by Gasteiger charge is -2.34.